The second-order valence-corrected chi connectivity index (χ2v) is 11.1. The number of hydrogen-bond acceptors (Lipinski definition) is 5. The van der Waals surface area contributed by atoms with Gasteiger partial charge < -0.3 is 5.11 Å². The molecule has 0 aliphatic heterocycles. The molecule has 0 bridgehead atoms. The number of aliphatic carboxylic acids is 1. The van der Waals surface area contributed by atoms with Crippen LogP contribution in [-0.2, 0) is 4.79 Å². The van der Waals surface area contributed by atoms with Crippen molar-refractivity contribution in [2.75, 3.05) is 23.0 Å². The zero-order chi connectivity index (χ0) is 20.0. The van der Waals surface area contributed by atoms with Gasteiger partial charge in [0, 0.05) is 38.9 Å². The summed E-state index contributed by atoms with van der Waals surface area (Å²) in [6.45, 7) is 2.11. The van der Waals surface area contributed by atoms with Crippen LogP contribution in [0.2, 0.25) is 0 Å². The number of carboxylic acids is 1. The molecule has 0 aliphatic rings. The molecule has 6 heteroatoms. The van der Waals surface area contributed by atoms with Gasteiger partial charge in [-0.25, -0.2) is 4.79 Å². The number of rotatable bonds is 13. The minimum atomic E-state index is -0.875. The average molecular weight is 451 g/mol. The Bertz CT molecular complexity index is 659. The summed E-state index contributed by atoms with van der Waals surface area (Å²) in [6, 6.07) is 20.9. The van der Waals surface area contributed by atoms with Crippen molar-refractivity contribution in [2.24, 2.45) is 5.92 Å². The van der Waals surface area contributed by atoms with E-state index in [-0.39, 0.29) is 5.92 Å². The third-order valence-electron chi connectivity index (χ3n) is 3.73. The summed E-state index contributed by atoms with van der Waals surface area (Å²) < 4.78 is 0.364. The van der Waals surface area contributed by atoms with E-state index in [0.29, 0.717) is 4.58 Å². The Labute approximate surface area is 185 Å². The summed E-state index contributed by atoms with van der Waals surface area (Å²) in [6.07, 6.45) is 3.10. The van der Waals surface area contributed by atoms with Gasteiger partial charge in [-0.3, -0.25) is 0 Å². The largest absolute Gasteiger partial charge is 0.478 e. The monoisotopic (exact) mass is 450 g/mol. The molecule has 0 fully saturated rings. The van der Waals surface area contributed by atoms with Gasteiger partial charge in [0.15, 0.2) is 0 Å². The van der Waals surface area contributed by atoms with Crippen LogP contribution in [0.1, 0.15) is 6.92 Å². The van der Waals surface area contributed by atoms with E-state index in [1.807, 2.05) is 65.3 Å². The van der Waals surface area contributed by atoms with Gasteiger partial charge in [-0.15, -0.1) is 47.0 Å². The maximum absolute atomic E-state index is 10.9. The molecule has 0 saturated heterocycles. The lowest BCUT2D eigenvalue weighted by Crippen LogP contribution is -2.11. The van der Waals surface area contributed by atoms with Crippen molar-refractivity contribution < 1.29 is 9.90 Å². The summed E-state index contributed by atoms with van der Waals surface area (Å²) in [5, 5.41) is 8.92. The van der Waals surface area contributed by atoms with E-state index in [2.05, 4.69) is 55.5 Å². The van der Waals surface area contributed by atoms with Crippen LogP contribution in [0.4, 0.5) is 0 Å². The molecule has 0 saturated carbocycles. The molecule has 1 atom stereocenters. The Kier molecular flexibility index (Phi) is 11.7. The molecule has 1 N–H and O–H groups in total. The number of thioether (sulfide) groups is 4. The van der Waals surface area contributed by atoms with E-state index in [0.717, 1.165) is 23.0 Å². The highest BCUT2D eigenvalue weighted by molar-refractivity contribution is 8.17. The van der Waals surface area contributed by atoms with E-state index in [1.165, 1.54) is 15.9 Å². The first-order valence-electron chi connectivity index (χ1n) is 9.15. The van der Waals surface area contributed by atoms with Crippen LogP contribution in [0.5, 0.6) is 0 Å². The average Bonchev–Trinajstić information content (AvgIpc) is 2.72. The van der Waals surface area contributed by atoms with Gasteiger partial charge in [-0.2, -0.15) is 0 Å². The van der Waals surface area contributed by atoms with Crippen molar-refractivity contribution in [3.63, 3.8) is 0 Å². The lowest BCUT2D eigenvalue weighted by atomic mass is 10.2. The van der Waals surface area contributed by atoms with Crippen molar-refractivity contribution in [1.29, 1.82) is 0 Å². The number of carbonyl (C=O) groups is 1. The fourth-order valence-corrected chi connectivity index (χ4v) is 7.18. The lowest BCUT2D eigenvalue weighted by molar-refractivity contribution is -0.131. The molecule has 2 rings (SSSR count). The maximum atomic E-state index is 10.9. The molecule has 2 nitrogen and oxygen atoms in total. The Morgan fingerprint density at radius 3 is 1.75 bits per heavy atom. The minimum absolute atomic E-state index is 0.217. The molecule has 28 heavy (non-hydrogen) atoms. The van der Waals surface area contributed by atoms with E-state index in [4.69, 9.17) is 5.11 Å². The van der Waals surface area contributed by atoms with Crippen LogP contribution < -0.4 is 0 Å². The molecule has 2 aromatic carbocycles. The SMILES string of the molecule is CC(C=CC(=O)O)C(SCCSc1ccccc1)SCCSc1ccccc1. The normalized spacial score (nSPS) is 12.5. The lowest BCUT2D eigenvalue weighted by Gasteiger charge is -2.20. The molecule has 0 aliphatic carbocycles. The quantitative estimate of drug-likeness (QED) is 0.160. The van der Waals surface area contributed by atoms with Crippen LogP contribution in [0.15, 0.2) is 82.6 Å². The van der Waals surface area contributed by atoms with Crippen LogP contribution in [-0.4, -0.2) is 38.7 Å². The number of benzene rings is 2. The van der Waals surface area contributed by atoms with Crippen molar-refractivity contribution in [3.8, 4) is 0 Å². The zero-order valence-corrected chi connectivity index (χ0v) is 19.2. The topological polar surface area (TPSA) is 37.3 Å². The molecular formula is C22H26O2S4. The number of allylic oxidation sites excluding steroid dienone is 1. The Morgan fingerprint density at radius 2 is 1.32 bits per heavy atom. The van der Waals surface area contributed by atoms with Gasteiger partial charge in [0.05, 0.1) is 4.58 Å². The van der Waals surface area contributed by atoms with Gasteiger partial charge in [0.1, 0.15) is 0 Å². The summed E-state index contributed by atoms with van der Waals surface area (Å²) in [5.41, 5.74) is 0. The standard InChI is InChI=1S/C22H26O2S4/c1-18(12-13-21(23)24)22(27-16-14-25-19-8-4-2-5-9-19)28-17-15-26-20-10-6-3-7-11-20/h2-13,18,22H,14-17H2,1H3,(H,23,24). The highest BCUT2D eigenvalue weighted by Crippen LogP contribution is 2.33. The summed E-state index contributed by atoms with van der Waals surface area (Å²) in [7, 11) is 0. The first kappa shape index (κ1) is 23.3. The highest BCUT2D eigenvalue weighted by Gasteiger charge is 2.16. The van der Waals surface area contributed by atoms with Gasteiger partial charge >= 0.3 is 5.97 Å². The molecule has 2 aromatic rings. The van der Waals surface area contributed by atoms with Crippen LogP contribution in [0, 0.1) is 5.92 Å². The third-order valence-corrected chi connectivity index (χ3v) is 9.48. The Hall–Kier alpha value is -0.950. The number of carboxylic acid groups (broad SMARTS) is 1. The Balaban J connectivity index is 1.77. The Morgan fingerprint density at radius 1 is 0.857 bits per heavy atom. The van der Waals surface area contributed by atoms with Crippen molar-refractivity contribution in [3.05, 3.63) is 72.8 Å². The predicted octanol–water partition coefficient (Wildman–Crippen LogP) is 6.64. The summed E-state index contributed by atoms with van der Waals surface area (Å²) in [5.74, 6) is 3.55. The number of hydrogen-bond donors (Lipinski definition) is 1. The smallest absolute Gasteiger partial charge is 0.327 e. The molecular weight excluding hydrogens is 425 g/mol. The predicted molar refractivity (Wildman–Crippen MR) is 129 cm³/mol. The molecule has 0 amide bonds. The van der Waals surface area contributed by atoms with Crippen molar-refractivity contribution in [2.45, 2.75) is 21.3 Å². The van der Waals surface area contributed by atoms with Crippen molar-refractivity contribution in [1.82, 2.24) is 0 Å². The third kappa shape index (κ3) is 10.0. The fraction of sp³-hybridized carbons (Fsp3) is 0.318. The summed E-state index contributed by atoms with van der Waals surface area (Å²) >= 11 is 7.61. The second-order valence-electron chi connectivity index (χ2n) is 5.99. The molecule has 1 unspecified atom stereocenters. The van der Waals surface area contributed by atoms with Gasteiger partial charge in [0.2, 0.25) is 0 Å². The van der Waals surface area contributed by atoms with Crippen LogP contribution in [0.25, 0.3) is 0 Å². The van der Waals surface area contributed by atoms with E-state index < -0.39 is 5.97 Å². The van der Waals surface area contributed by atoms with E-state index >= 15 is 0 Å². The molecule has 150 valence electrons. The summed E-state index contributed by atoms with van der Waals surface area (Å²) in [4.78, 5) is 13.4. The molecule has 0 heterocycles. The van der Waals surface area contributed by atoms with Gasteiger partial charge in [0.25, 0.3) is 0 Å². The molecule has 0 radical (unpaired) electrons. The van der Waals surface area contributed by atoms with Crippen LogP contribution >= 0.6 is 47.0 Å². The first-order chi connectivity index (χ1) is 13.6. The van der Waals surface area contributed by atoms with Gasteiger partial charge in [-0.05, 0) is 30.2 Å². The van der Waals surface area contributed by atoms with Crippen LogP contribution in [0.3, 0.4) is 0 Å². The van der Waals surface area contributed by atoms with E-state index in [1.54, 1.807) is 0 Å². The first-order valence-corrected chi connectivity index (χ1v) is 13.2. The minimum Gasteiger partial charge on any atom is -0.478 e. The maximum Gasteiger partial charge on any atom is 0.327 e. The molecule has 0 aromatic heterocycles. The zero-order valence-electron chi connectivity index (χ0n) is 15.9. The van der Waals surface area contributed by atoms with Crippen molar-refractivity contribution >= 4 is 53.0 Å². The van der Waals surface area contributed by atoms with E-state index in [9.17, 15) is 4.79 Å². The second kappa shape index (κ2) is 14.1. The van der Waals surface area contributed by atoms with Gasteiger partial charge in [-0.1, -0.05) is 49.4 Å². The highest BCUT2D eigenvalue weighted by atomic mass is 32.2. The molecule has 0 spiro atoms. The fourth-order valence-electron chi connectivity index (χ4n) is 2.36.